The Morgan fingerprint density at radius 3 is 2.70 bits per heavy atom. The number of thiol groups is 1. The summed E-state index contributed by atoms with van der Waals surface area (Å²) >= 11 is 10.2. The van der Waals surface area contributed by atoms with Gasteiger partial charge in [0.2, 0.25) is 0 Å². The zero-order valence-corrected chi connectivity index (χ0v) is 16.3. The van der Waals surface area contributed by atoms with E-state index >= 15 is 0 Å². The van der Waals surface area contributed by atoms with Gasteiger partial charge in [0, 0.05) is 41.2 Å². The number of rotatable bonds is 3. The highest BCUT2D eigenvalue weighted by Crippen LogP contribution is 2.32. The Hall–Kier alpha value is -2.09. The lowest BCUT2D eigenvalue weighted by Crippen LogP contribution is -2.16. The number of nitrogens with zero attached hydrogens (tertiary/aromatic N) is 3. The summed E-state index contributed by atoms with van der Waals surface area (Å²) in [4.78, 5) is 11.6. The van der Waals surface area contributed by atoms with E-state index in [0.29, 0.717) is 27.7 Å². The average Bonchev–Trinajstić information content (AvgIpc) is 3.24. The topological polar surface area (TPSA) is 50.1 Å². The van der Waals surface area contributed by atoms with E-state index in [9.17, 15) is 4.39 Å². The van der Waals surface area contributed by atoms with Crippen LogP contribution in [0.5, 0.6) is 5.75 Å². The number of halogens is 2. The molecule has 3 heterocycles. The first kappa shape index (κ1) is 18.3. The largest absolute Gasteiger partial charge is 0.496 e. The van der Waals surface area contributed by atoms with Crippen LogP contribution in [0.25, 0.3) is 10.9 Å². The molecule has 5 nitrogen and oxygen atoms in total. The lowest BCUT2D eigenvalue weighted by atomic mass is 10.2. The van der Waals surface area contributed by atoms with Gasteiger partial charge in [0.1, 0.15) is 23.7 Å². The van der Waals surface area contributed by atoms with Gasteiger partial charge in [0.05, 0.1) is 17.6 Å². The number of nitrogens with one attached hydrogen (secondary N) is 1. The molecule has 0 bridgehead atoms. The molecular weight excluding hydrogens is 387 g/mol. The van der Waals surface area contributed by atoms with Crippen LogP contribution in [-0.4, -0.2) is 41.1 Å². The smallest absolute Gasteiger partial charge is 0.141 e. The van der Waals surface area contributed by atoms with Crippen LogP contribution in [0.15, 0.2) is 41.6 Å². The average molecular weight is 405 g/mol. The number of ether oxygens (including phenoxy) is 1. The molecule has 2 saturated heterocycles. The van der Waals surface area contributed by atoms with Gasteiger partial charge < -0.3 is 10.1 Å². The Labute approximate surface area is 166 Å². The maximum Gasteiger partial charge on any atom is 0.141 e. The van der Waals surface area contributed by atoms with Crippen molar-refractivity contribution in [2.45, 2.75) is 17.4 Å². The highest BCUT2D eigenvalue weighted by Gasteiger charge is 2.41. The molecule has 0 spiro atoms. The molecule has 2 aliphatic rings. The van der Waals surface area contributed by atoms with E-state index in [2.05, 4.69) is 32.8 Å². The van der Waals surface area contributed by atoms with E-state index in [0.717, 1.165) is 11.4 Å². The van der Waals surface area contributed by atoms with E-state index in [1.54, 1.807) is 19.2 Å². The number of benzene rings is 2. The van der Waals surface area contributed by atoms with Crippen molar-refractivity contribution < 1.29 is 9.13 Å². The Kier molecular flexibility index (Phi) is 5.08. The molecule has 0 saturated carbocycles. The molecule has 2 aliphatic heterocycles. The third-order valence-corrected chi connectivity index (χ3v) is 5.34. The van der Waals surface area contributed by atoms with Gasteiger partial charge in [-0.25, -0.2) is 14.4 Å². The van der Waals surface area contributed by atoms with Crippen molar-refractivity contribution >= 4 is 46.6 Å². The summed E-state index contributed by atoms with van der Waals surface area (Å²) in [6, 6.07) is 9.03. The van der Waals surface area contributed by atoms with E-state index in [1.807, 2.05) is 6.07 Å². The van der Waals surface area contributed by atoms with Crippen LogP contribution in [0, 0.1) is 5.82 Å². The second-order valence-corrected chi connectivity index (χ2v) is 7.34. The normalized spacial score (nSPS) is 19.4. The van der Waals surface area contributed by atoms with Crippen LogP contribution >= 0.6 is 24.2 Å². The van der Waals surface area contributed by atoms with Crippen LogP contribution in [0.1, 0.15) is 6.42 Å². The molecule has 8 heteroatoms. The number of hydrogen-bond donors (Lipinski definition) is 2. The number of hydrogen-bond acceptors (Lipinski definition) is 6. The quantitative estimate of drug-likeness (QED) is 0.496. The molecule has 5 rings (SSSR count). The predicted molar refractivity (Wildman–Crippen MR) is 108 cm³/mol. The van der Waals surface area contributed by atoms with Crippen molar-refractivity contribution in [3.63, 3.8) is 0 Å². The minimum Gasteiger partial charge on any atom is -0.496 e. The summed E-state index contributed by atoms with van der Waals surface area (Å²) in [5.74, 6) is 0.734. The number of methoxy groups -OCH3 is 1. The van der Waals surface area contributed by atoms with E-state index in [4.69, 9.17) is 16.3 Å². The molecule has 0 amide bonds. The first-order valence-corrected chi connectivity index (χ1v) is 9.35. The second kappa shape index (κ2) is 7.50. The Morgan fingerprint density at radius 1 is 1.30 bits per heavy atom. The summed E-state index contributed by atoms with van der Waals surface area (Å²) in [6.45, 7) is 2.81. The predicted octanol–water partition coefficient (Wildman–Crippen LogP) is 4.54. The van der Waals surface area contributed by atoms with Gasteiger partial charge in [-0.1, -0.05) is 11.6 Å². The lowest BCUT2D eigenvalue weighted by molar-refractivity contribution is 0.382. The van der Waals surface area contributed by atoms with Crippen LogP contribution < -0.4 is 10.1 Å². The molecule has 0 radical (unpaired) electrons. The third-order valence-electron chi connectivity index (χ3n) is 4.70. The zero-order chi connectivity index (χ0) is 19.0. The third kappa shape index (κ3) is 3.95. The Bertz CT molecular complexity index is 991. The lowest BCUT2D eigenvalue weighted by Gasteiger charge is -2.11. The highest BCUT2D eigenvalue weighted by atomic mass is 35.5. The first-order valence-electron chi connectivity index (χ1n) is 8.53. The molecule has 1 N–H and O–H groups in total. The number of aromatic nitrogens is 2. The SMILES string of the molecule is C1CN2CC12.COc1cc2ncnc(Nc3ccc(F)c(Cl)c3)c2cc1S. The summed E-state index contributed by atoms with van der Waals surface area (Å²) in [7, 11) is 1.57. The second-order valence-electron chi connectivity index (χ2n) is 6.45. The molecule has 0 aliphatic carbocycles. The van der Waals surface area contributed by atoms with Crippen LogP contribution in [0.2, 0.25) is 5.02 Å². The molecular formula is C19H18ClFN4OS. The van der Waals surface area contributed by atoms with Gasteiger partial charge in [-0.3, -0.25) is 4.90 Å². The molecule has 2 unspecified atom stereocenters. The number of anilines is 2. The van der Waals surface area contributed by atoms with E-state index in [-0.39, 0.29) is 5.02 Å². The van der Waals surface area contributed by atoms with Gasteiger partial charge in [0.25, 0.3) is 0 Å². The minimum absolute atomic E-state index is 0.0416. The van der Waals surface area contributed by atoms with Crippen molar-refractivity contribution in [3.05, 3.63) is 47.5 Å². The van der Waals surface area contributed by atoms with Crippen molar-refractivity contribution in [1.82, 2.24) is 14.9 Å². The molecule has 2 atom stereocenters. The molecule has 3 aromatic rings. The van der Waals surface area contributed by atoms with Gasteiger partial charge in [-0.2, -0.15) is 0 Å². The summed E-state index contributed by atoms with van der Waals surface area (Å²) < 4.78 is 18.4. The minimum atomic E-state index is -0.470. The molecule has 27 heavy (non-hydrogen) atoms. The molecule has 140 valence electrons. The van der Waals surface area contributed by atoms with Crippen molar-refractivity contribution in [3.8, 4) is 5.75 Å². The van der Waals surface area contributed by atoms with Crippen LogP contribution in [-0.2, 0) is 0 Å². The van der Waals surface area contributed by atoms with E-state index < -0.39 is 5.82 Å². The summed E-state index contributed by atoms with van der Waals surface area (Å²) in [5, 5.41) is 3.92. The van der Waals surface area contributed by atoms with Crippen molar-refractivity contribution in [2.24, 2.45) is 0 Å². The maximum atomic E-state index is 13.2. The zero-order valence-electron chi connectivity index (χ0n) is 14.6. The first-order chi connectivity index (χ1) is 13.0. The molecule has 2 aromatic carbocycles. The van der Waals surface area contributed by atoms with Gasteiger partial charge >= 0.3 is 0 Å². The van der Waals surface area contributed by atoms with E-state index in [1.165, 1.54) is 38.0 Å². The Balaban J connectivity index is 0.000000304. The Morgan fingerprint density at radius 2 is 2.11 bits per heavy atom. The summed E-state index contributed by atoms with van der Waals surface area (Å²) in [6.07, 6.45) is 2.92. The fourth-order valence-corrected chi connectivity index (χ4v) is 3.41. The molecule has 2 fully saturated rings. The number of fused-ring (bicyclic) bond motifs is 2. The molecule has 1 aromatic heterocycles. The van der Waals surface area contributed by atoms with Crippen LogP contribution in [0.4, 0.5) is 15.9 Å². The fourth-order valence-electron chi connectivity index (χ4n) is 2.95. The maximum absolute atomic E-state index is 13.2. The van der Waals surface area contributed by atoms with Gasteiger partial charge in [-0.05, 0) is 30.7 Å². The van der Waals surface area contributed by atoms with Crippen LogP contribution in [0.3, 0.4) is 0 Å². The fraction of sp³-hybridized carbons (Fsp3) is 0.263. The van der Waals surface area contributed by atoms with Crippen molar-refractivity contribution in [2.75, 3.05) is 25.5 Å². The van der Waals surface area contributed by atoms with Gasteiger partial charge in [-0.15, -0.1) is 12.6 Å². The summed E-state index contributed by atoms with van der Waals surface area (Å²) in [5.41, 5.74) is 1.34. The van der Waals surface area contributed by atoms with Crippen molar-refractivity contribution in [1.29, 1.82) is 0 Å². The monoisotopic (exact) mass is 404 g/mol. The standard InChI is InChI=1S/C15H11ClFN3OS.C4H7N/c1-21-13-6-12-9(5-14(13)22)15(19-7-18-12)20-8-2-3-11(17)10(16)4-8;1-2-5-3-4(1)5/h2-7,22H,1H3,(H,18,19,20);4H,1-3H2. The van der Waals surface area contributed by atoms with Gasteiger partial charge in [0.15, 0.2) is 0 Å². The highest BCUT2D eigenvalue weighted by molar-refractivity contribution is 7.80.